The van der Waals surface area contributed by atoms with E-state index in [2.05, 4.69) is 5.32 Å². The van der Waals surface area contributed by atoms with Gasteiger partial charge in [-0.2, -0.15) is 0 Å². The third-order valence-corrected chi connectivity index (χ3v) is 4.15. The van der Waals surface area contributed by atoms with Crippen LogP contribution >= 0.6 is 11.6 Å². The number of rotatable bonds is 4. The van der Waals surface area contributed by atoms with Crippen LogP contribution in [0.5, 0.6) is 0 Å². The Labute approximate surface area is 113 Å². The number of hydrogen-bond acceptors (Lipinski definition) is 2. The van der Waals surface area contributed by atoms with Crippen LogP contribution in [0.2, 0.25) is 5.02 Å². The van der Waals surface area contributed by atoms with Gasteiger partial charge >= 0.3 is 0 Å². The van der Waals surface area contributed by atoms with Crippen molar-refractivity contribution >= 4 is 23.2 Å². The van der Waals surface area contributed by atoms with E-state index in [9.17, 15) is 4.79 Å². The molecule has 1 unspecified atom stereocenters. The van der Waals surface area contributed by atoms with E-state index in [1.165, 1.54) is 12.8 Å². The zero-order chi connectivity index (χ0) is 13.2. The van der Waals surface area contributed by atoms with Gasteiger partial charge in [-0.3, -0.25) is 4.79 Å². The molecule has 3 N–H and O–H groups in total. The van der Waals surface area contributed by atoms with Crippen LogP contribution in [0, 0.1) is 5.92 Å². The van der Waals surface area contributed by atoms with Gasteiger partial charge in [0, 0.05) is 10.7 Å². The second-order valence-electron chi connectivity index (χ2n) is 5.18. The molecule has 98 valence electrons. The minimum absolute atomic E-state index is 0.297. The average molecular weight is 267 g/mol. The first-order chi connectivity index (χ1) is 8.52. The standard InChI is InChI=1S/C14H19ClN2O/c1-14(13(16)18,10-5-2-3-6-10)17-12-8-4-7-11(15)9-12/h4,7-10,17H,2-3,5-6H2,1H3,(H2,16,18). The van der Waals surface area contributed by atoms with Crippen LogP contribution in [0.3, 0.4) is 0 Å². The number of hydrogen-bond donors (Lipinski definition) is 2. The maximum atomic E-state index is 11.8. The first kappa shape index (κ1) is 13.2. The fourth-order valence-electron chi connectivity index (χ4n) is 2.73. The van der Waals surface area contributed by atoms with Gasteiger partial charge < -0.3 is 11.1 Å². The van der Waals surface area contributed by atoms with E-state index >= 15 is 0 Å². The molecule has 4 heteroatoms. The normalized spacial score (nSPS) is 19.4. The van der Waals surface area contributed by atoms with E-state index in [0.717, 1.165) is 18.5 Å². The molecule has 0 radical (unpaired) electrons. The van der Waals surface area contributed by atoms with E-state index in [1.807, 2.05) is 31.2 Å². The molecule has 1 aromatic rings. The highest BCUT2D eigenvalue weighted by atomic mass is 35.5. The Hall–Kier alpha value is -1.22. The molecule has 1 aliphatic carbocycles. The smallest absolute Gasteiger partial charge is 0.243 e. The molecule has 1 atom stereocenters. The van der Waals surface area contributed by atoms with Crippen LogP contribution in [0.15, 0.2) is 24.3 Å². The number of nitrogens with two attached hydrogens (primary N) is 1. The number of carbonyl (C=O) groups excluding carboxylic acids is 1. The molecule has 0 aromatic heterocycles. The lowest BCUT2D eigenvalue weighted by molar-refractivity contribution is -0.123. The lowest BCUT2D eigenvalue weighted by Crippen LogP contribution is -2.52. The second-order valence-corrected chi connectivity index (χ2v) is 5.62. The Bertz CT molecular complexity index is 443. The van der Waals surface area contributed by atoms with Crippen molar-refractivity contribution in [1.29, 1.82) is 0 Å². The second kappa shape index (κ2) is 5.19. The third-order valence-electron chi connectivity index (χ3n) is 3.91. The van der Waals surface area contributed by atoms with Crippen LogP contribution in [-0.4, -0.2) is 11.4 Å². The summed E-state index contributed by atoms with van der Waals surface area (Å²) in [5.41, 5.74) is 5.75. The molecule has 1 amide bonds. The maximum Gasteiger partial charge on any atom is 0.243 e. The fraction of sp³-hybridized carbons (Fsp3) is 0.500. The van der Waals surface area contributed by atoms with E-state index < -0.39 is 5.54 Å². The first-order valence-electron chi connectivity index (χ1n) is 6.36. The van der Waals surface area contributed by atoms with Gasteiger partial charge in [0.25, 0.3) is 0 Å². The van der Waals surface area contributed by atoms with Crippen LogP contribution < -0.4 is 11.1 Å². The minimum atomic E-state index is -0.693. The number of anilines is 1. The van der Waals surface area contributed by atoms with Gasteiger partial charge in [-0.05, 0) is 43.9 Å². The number of carbonyl (C=O) groups is 1. The molecule has 0 saturated heterocycles. The van der Waals surface area contributed by atoms with Gasteiger partial charge in [0.15, 0.2) is 0 Å². The van der Waals surface area contributed by atoms with Crippen molar-refractivity contribution in [3.8, 4) is 0 Å². The summed E-state index contributed by atoms with van der Waals surface area (Å²) in [7, 11) is 0. The molecule has 1 aromatic carbocycles. The van der Waals surface area contributed by atoms with Crippen molar-refractivity contribution < 1.29 is 4.79 Å². The van der Waals surface area contributed by atoms with E-state index in [-0.39, 0.29) is 5.91 Å². The zero-order valence-corrected chi connectivity index (χ0v) is 11.3. The van der Waals surface area contributed by atoms with Crippen LogP contribution in [0.25, 0.3) is 0 Å². The largest absolute Gasteiger partial charge is 0.371 e. The van der Waals surface area contributed by atoms with Gasteiger partial charge in [-0.15, -0.1) is 0 Å². The number of halogens is 1. The van der Waals surface area contributed by atoms with Crippen LogP contribution in [-0.2, 0) is 4.79 Å². The van der Waals surface area contributed by atoms with Crippen LogP contribution in [0.1, 0.15) is 32.6 Å². The Balaban J connectivity index is 2.22. The molecule has 1 fully saturated rings. The van der Waals surface area contributed by atoms with Gasteiger partial charge in [-0.25, -0.2) is 0 Å². The Morgan fingerprint density at radius 2 is 2.11 bits per heavy atom. The van der Waals surface area contributed by atoms with Gasteiger partial charge in [0.05, 0.1) is 0 Å². The quantitative estimate of drug-likeness (QED) is 0.879. The Morgan fingerprint density at radius 1 is 1.44 bits per heavy atom. The molecule has 1 saturated carbocycles. The summed E-state index contributed by atoms with van der Waals surface area (Å²) in [6.45, 7) is 1.90. The van der Waals surface area contributed by atoms with Crippen molar-refractivity contribution in [1.82, 2.24) is 0 Å². The third kappa shape index (κ3) is 2.61. The van der Waals surface area contributed by atoms with Crippen molar-refractivity contribution in [2.75, 3.05) is 5.32 Å². The van der Waals surface area contributed by atoms with Gasteiger partial charge in [0.2, 0.25) is 5.91 Å². The number of benzene rings is 1. The highest BCUT2D eigenvalue weighted by molar-refractivity contribution is 6.30. The summed E-state index contributed by atoms with van der Waals surface area (Å²) in [5.74, 6) is 0.00311. The summed E-state index contributed by atoms with van der Waals surface area (Å²) in [5, 5.41) is 3.93. The summed E-state index contributed by atoms with van der Waals surface area (Å²) >= 11 is 5.96. The van der Waals surface area contributed by atoms with Gasteiger partial charge in [-0.1, -0.05) is 30.5 Å². The lowest BCUT2D eigenvalue weighted by atomic mass is 9.83. The topological polar surface area (TPSA) is 55.1 Å². The van der Waals surface area contributed by atoms with Crippen LogP contribution in [0.4, 0.5) is 5.69 Å². The van der Waals surface area contributed by atoms with E-state index in [4.69, 9.17) is 17.3 Å². The maximum absolute atomic E-state index is 11.8. The minimum Gasteiger partial charge on any atom is -0.371 e. The number of nitrogens with one attached hydrogen (secondary N) is 1. The highest BCUT2D eigenvalue weighted by Crippen LogP contribution is 2.36. The summed E-state index contributed by atoms with van der Waals surface area (Å²) in [4.78, 5) is 11.8. The van der Waals surface area contributed by atoms with Crippen molar-refractivity contribution in [2.24, 2.45) is 11.7 Å². The Kier molecular flexibility index (Phi) is 3.81. The Morgan fingerprint density at radius 3 is 2.67 bits per heavy atom. The monoisotopic (exact) mass is 266 g/mol. The molecule has 3 nitrogen and oxygen atoms in total. The van der Waals surface area contributed by atoms with Crippen molar-refractivity contribution in [3.63, 3.8) is 0 Å². The zero-order valence-electron chi connectivity index (χ0n) is 10.6. The molecular formula is C14H19ClN2O. The summed E-state index contributed by atoms with van der Waals surface area (Å²) < 4.78 is 0. The van der Waals surface area contributed by atoms with Gasteiger partial charge in [0.1, 0.15) is 5.54 Å². The number of primary amides is 1. The molecule has 1 aliphatic rings. The van der Waals surface area contributed by atoms with Crippen molar-refractivity contribution in [3.05, 3.63) is 29.3 Å². The number of amides is 1. The SMILES string of the molecule is CC(Nc1cccc(Cl)c1)(C(N)=O)C1CCCC1. The van der Waals surface area contributed by atoms with Crippen molar-refractivity contribution in [2.45, 2.75) is 38.1 Å². The molecule has 0 bridgehead atoms. The molecule has 0 aliphatic heterocycles. The lowest BCUT2D eigenvalue weighted by Gasteiger charge is -2.34. The summed E-state index contributed by atoms with van der Waals surface area (Å²) in [6.07, 6.45) is 4.44. The highest BCUT2D eigenvalue weighted by Gasteiger charge is 2.41. The molecule has 2 rings (SSSR count). The predicted octanol–water partition coefficient (Wildman–Crippen LogP) is 3.19. The molecular weight excluding hydrogens is 248 g/mol. The fourth-order valence-corrected chi connectivity index (χ4v) is 2.92. The van der Waals surface area contributed by atoms with E-state index in [0.29, 0.717) is 10.9 Å². The molecule has 18 heavy (non-hydrogen) atoms. The molecule has 0 spiro atoms. The molecule has 0 heterocycles. The van der Waals surface area contributed by atoms with E-state index in [1.54, 1.807) is 0 Å². The summed E-state index contributed by atoms with van der Waals surface area (Å²) in [6, 6.07) is 7.39. The average Bonchev–Trinajstić information content (AvgIpc) is 2.82. The first-order valence-corrected chi connectivity index (χ1v) is 6.74. The predicted molar refractivity (Wildman–Crippen MR) is 74.6 cm³/mol.